The molecule has 1 saturated heterocycles. The van der Waals surface area contributed by atoms with Crippen LogP contribution in [0.5, 0.6) is 0 Å². The summed E-state index contributed by atoms with van der Waals surface area (Å²) < 4.78 is 12.8. The standard InChI is InChI=1S/C11H16FN3/c12-10-4-1-5-11(15-10)14-8-9-3-2-6-13-7-9/h1,4-5,9,13H,2-3,6-8H2,(H,14,15). The van der Waals surface area contributed by atoms with E-state index < -0.39 is 5.95 Å². The second-order valence-electron chi connectivity index (χ2n) is 3.94. The lowest BCUT2D eigenvalue weighted by atomic mass is 10.00. The predicted molar refractivity (Wildman–Crippen MR) is 58.3 cm³/mol. The first-order valence-electron chi connectivity index (χ1n) is 5.42. The first kappa shape index (κ1) is 10.4. The van der Waals surface area contributed by atoms with E-state index >= 15 is 0 Å². The summed E-state index contributed by atoms with van der Waals surface area (Å²) in [6.45, 7) is 3.03. The van der Waals surface area contributed by atoms with E-state index in [1.807, 2.05) is 0 Å². The van der Waals surface area contributed by atoms with Crippen LogP contribution in [0, 0.1) is 11.9 Å². The second-order valence-corrected chi connectivity index (χ2v) is 3.94. The lowest BCUT2D eigenvalue weighted by Crippen LogP contribution is -2.33. The monoisotopic (exact) mass is 209 g/mol. The Morgan fingerprint density at radius 2 is 2.47 bits per heavy atom. The van der Waals surface area contributed by atoms with Crippen LogP contribution in [0.25, 0.3) is 0 Å². The third-order valence-electron chi connectivity index (χ3n) is 2.69. The number of hydrogen-bond acceptors (Lipinski definition) is 3. The number of piperidine rings is 1. The highest BCUT2D eigenvalue weighted by molar-refractivity contribution is 5.33. The molecular formula is C11H16FN3. The Kier molecular flexibility index (Phi) is 3.50. The van der Waals surface area contributed by atoms with E-state index in [0.717, 1.165) is 19.6 Å². The van der Waals surface area contributed by atoms with Gasteiger partial charge in [-0.1, -0.05) is 6.07 Å². The van der Waals surface area contributed by atoms with Crippen LogP contribution in [0.3, 0.4) is 0 Å². The summed E-state index contributed by atoms with van der Waals surface area (Å²) in [5, 5.41) is 6.51. The van der Waals surface area contributed by atoms with Gasteiger partial charge in [-0.25, -0.2) is 4.98 Å². The Hall–Kier alpha value is -1.16. The number of hydrogen-bond donors (Lipinski definition) is 2. The predicted octanol–water partition coefficient (Wildman–Crippen LogP) is 1.63. The molecule has 15 heavy (non-hydrogen) atoms. The Morgan fingerprint density at radius 1 is 1.53 bits per heavy atom. The van der Waals surface area contributed by atoms with Crippen LogP contribution in [0.15, 0.2) is 18.2 Å². The van der Waals surface area contributed by atoms with Gasteiger partial charge in [-0.2, -0.15) is 4.39 Å². The van der Waals surface area contributed by atoms with Crippen LogP contribution < -0.4 is 10.6 Å². The zero-order chi connectivity index (χ0) is 10.5. The minimum atomic E-state index is -0.429. The molecule has 1 fully saturated rings. The Balaban J connectivity index is 1.81. The van der Waals surface area contributed by atoms with Gasteiger partial charge >= 0.3 is 0 Å². The number of pyridine rings is 1. The Morgan fingerprint density at radius 3 is 3.20 bits per heavy atom. The van der Waals surface area contributed by atoms with Crippen molar-refractivity contribution in [2.24, 2.45) is 5.92 Å². The Bertz CT molecular complexity index is 310. The van der Waals surface area contributed by atoms with E-state index in [2.05, 4.69) is 15.6 Å². The minimum Gasteiger partial charge on any atom is -0.370 e. The summed E-state index contributed by atoms with van der Waals surface area (Å²) in [7, 11) is 0. The number of anilines is 1. The van der Waals surface area contributed by atoms with Gasteiger partial charge in [0, 0.05) is 6.54 Å². The molecule has 82 valence electrons. The van der Waals surface area contributed by atoms with Gasteiger partial charge in [0.15, 0.2) is 0 Å². The minimum absolute atomic E-state index is 0.429. The van der Waals surface area contributed by atoms with Crippen LogP contribution in [-0.2, 0) is 0 Å². The molecule has 0 radical (unpaired) electrons. The smallest absolute Gasteiger partial charge is 0.214 e. The number of halogens is 1. The van der Waals surface area contributed by atoms with Crippen molar-refractivity contribution in [1.82, 2.24) is 10.3 Å². The molecule has 0 aliphatic carbocycles. The summed E-state index contributed by atoms with van der Waals surface area (Å²) in [5.74, 6) is 0.825. The van der Waals surface area contributed by atoms with Gasteiger partial charge in [-0.3, -0.25) is 0 Å². The molecule has 3 nitrogen and oxygen atoms in total. The number of rotatable bonds is 3. The van der Waals surface area contributed by atoms with Crippen molar-refractivity contribution in [3.8, 4) is 0 Å². The third-order valence-corrected chi connectivity index (χ3v) is 2.69. The third kappa shape index (κ3) is 3.16. The molecule has 1 aromatic heterocycles. The average Bonchev–Trinajstić information content (AvgIpc) is 2.28. The second kappa shape index (κ2) is 5.07. The summed E-state index contributed by atoms with van der Waals surface area (Å²) >= 11 is 0. The fourth-order valence-electron chi connectivity index (χ4n) is 1.85. The van der Waals surface area contributed by atoms with E-state index in [0.29, 0.717) is 11.7 Å². The first-order chi connectivity index (χ1) is 7.34. The van der Waals surface area contributed by atoms with Crippen molar-refractivity contribution in [3.05, 3.63) is 24.1 Å². The van der Waals surface area contributed by atoms with Crippen molar-refractivity contribution in [3.63, 3.8) is 0 Å². The molecule has 2 N–H and O–H groups in total. The molecular weight excluding hydrogens is 193 g/mol. The maximum absolute atomic E-state index is 12.8. The lowest BCUT2D eigenvalue weighted by molar-refractivity contribution is 0.392. The molecule has 4 heteroatoms. The molecule has 2 heterocycles. The summed E-state index contributed by atoms with van der Waals surface area (Å²) in [6, 6.07) is 4.82. The maximum atomic E-state index is 12.8. The largest absolute Gasteiger partial charge is 0.370 e. The van der Waals surface area contributed by atoms with E-state index in [4.69, 9.17) is 0 Å². The normalized spacial score (nSPS) is 21.3. The molecule has 0 bridgehead atoms. The number of nitrogens with zero attached hydrogens (tertiary/aromatic N) is 1. The van der Waals surface area contributed by atoms with Gasteiger partial charge in [0.25, 0.3) is 0 Å². The van der Waals surface area contributed by atoms with Crippen LogP contribution >= 0.6 is 0 Å². The van der Waals surface area contributed by atoms with E-state index in [-0.39, 0.29) is 0 Å². The number of aromatic nitrogens is 1. The van der Waals surface area contributed by atoms with Crippen molar-refractivity contribution in [2.75, 3.05) is 25.0 Å². The van der Waals surface area contributed by atoms with Gasteiger partial charge in [0.05, 0.1) is 0 Å². The quantitative estimate of drug-likeness (QED) is 0.743. The Labute approximate surface area is 89.1 Å². The molecule has 0 saturated carbocycles. The van der Waals surface area contributed by atoms with Crippen molar-refractivity contribution < 1.29 is 4.39 Å². The van der Waals surface area contributed by atoms with Crippen molar-refractivity contribution in [1.29, 1.82) is 0 Å². The highest BCUT2D eigenvalue weighted by atomic mass is 19.1. The molecule has 0 amide bonds. The zero-order valence-electron chi connectivity index (χ0n) is 8.67. The SMILES string of the molecule is Fc1cccc(NCC2CCCNC2)n1. The molecule has 1 unspecified atom stereocenters. The summed E-state index contributed by atoms with van der Waals surface area (Å²) in [5.41, 5.74) is 0. The van der Waals surface area contributed by atoms with Crippen molar-refractivity contribution >= 4 is 5.82 Å². The molecule has 1 aliphatic heterocycles. The highest BCUT2D eigenvalue weighted by Gasteiger charge is 2.12. The zero-order valence-corrected chi connectivity index (χ0v) is 8.67. The topological polar surface area (TPSA) is 37.0 Å². The van der Waals surface area contributed by atoms with Gasteiger partial charge in [0.1, 0.15) is 5.82 Å². The molecule has 1 aromatic rings. The van der Waals surface area contributed by atoms with E-state index in [1.54, 1.807) is 12.1 Å². The maximum Gasteiger partial charge on any atom is 0.214 e. The van der Waals surface area contributed by atoms with Crippen LogP contribution in [0.4, 0.5) is 10.2 Å². The van der Waals surface area contributed by atoms with Crippen LogP contribution in [-0.4, -0.2) is 24.6 Å². The fraction of sp³-hybridized carbons (Fsp3) is 0.545. The molecule has 2 rings (SSSR count). The fourth-order valence-corrected chi connectivity index (χ4v) is 1.85. The molecule has 0 spiro atoms. The van der Waals surface area contributed by atoms with E-state index in [1.165, 1.54) is 18.9 Å². The van der Waals surface area contributed by atoms with Crippen molar-refractivity contribution in [2.45, 2.75) is 12.8 Å². The van der Waals surface area contributed by atoms with Gasteiger partial charge in [-0.05, 0) is 44.0 Å². The molecule has 1 atom stereocenters. The first-order valence-corrected chi connectivity index (χ1v) is 5.42. The number of nitrogens with one attached hydrogen (secondary N) is 2. The van der Waals surface area contributed by atoms with Gasteiger partial charge in [0.2, 0.25) is 5.95 Å². The molecule has 0 aromatic carbocycles. The summed E-state index contributed by atoms with van der Waals surface area (Å²) in [4.78, 5) is 3.76. The van der Waals surface area contributed by atoms with Gasteiger partial charge < -0.3 is 10.6 Å². The average molecular weight is 209 g/mol. The summed E-state index contributed by atoms with van der Waals surface area (Å²) in [6.07, 6.45) is 2.46. The molecule has 1 aliphatic rings. The highest BCUT2D eigenvalue weighted by Crippen LogP contribution is 2.11. The van der Waals surface area contributed by atoms with Gasteiger partial charge in [-0.15, -0.1) is 0 Å². The van der Waals surface area contributed by atoms with E-state index in [9.17, 15) is 4.39 Å². The van der Waals surface area contributed by atoms with Crippen LogP contribution in [0.1, 0.15) is 12.8 Å². The lowest BCUT2D eigenvalue weighted by Gasteiger charge is -2.23. The van der Waals surface area contributed by atoms with Crippen LogP contribution in [0.2, 0.25) is 0 Å².